The first-order valence-electron chi connectivity index (χ1n) is 9.18. The first-order chi connectivity index (χ1) is 14.0. The molecule has 1 N–H and O–H groups in total. The Labute approximate surface area is 173 Å². The number of benzene rings is 2. The summed E-state index contributed by atoms with van der Waals surface area (Å²) in [7, 11) is 0. The van der Waals surface area contributed by atoms with Crippen LogP contribution < -0.4 is 10.1 Å². The lowest BCUT2D eigenvalue weighted by atomic mass is 10.2. The number of hydrogen-bond donors (Lipinski definition) is 1. The highest BCUT2D eigenvalue weighted by molar-refractivity contribution is 7.09. The summed E-state index contributed by atoms with van der Waals surface area (Å²) in [6.45, 7) is 4.24. The lowest BCUT2D eigenvalue weighted by molar-refractivity contribution is -0.129. The molecule has 0 saturated heterocycles. The van der Waals surface area contributed by atoms with Gasteiger partial charge < -0.3 is 14.8 Å². The third-order valence-corrected chi connectivity index (χ3v) is 4.93. The molecule has 0 aliphatic rings. The first-order valence-corrected chi connectivity index (χ1v) is 10.1. The van der Waals surface area contributed by atoms with Crippen molar-refractivity contribution in [2.75, 3.05) is 0 Å². The molecule has 0 aliphatic heterocycles. The summed E-state index contributed by atoms with van der Waals surface area (Å²) < 4.78 is 10.9. The Bertz CT molecular complexity index is 954. The van der Waals surface area contributed by atoms with Crippen LogP contribution in [0.2, 0.25) is 0 Å². The van der Waals surface area contributed by atoms with Gasteiger partial charge in [0.15, 0.2) is 6.10 Å². The SMILES string of the molecule is Cc1nc(COc2ccc(C(=O)O[C@@H](C)C(=O)NCc3ccccc3)cc2)cs1. The number of hydrogen-bond acceptors (Lipinski definition) is 6. The quantitative estimate of drug-likeness (QED) is 0.570. The molecule has 1 amide bonds. The third-order valence-electron chi connectivity index (χ3n) is 4.11. The monoisotopic (exact) mass is 410 g/mol. The minimum Gasteiger partial charge on any atom is -0.487 e. The Balaban J connectivity index is 1.47. The van der Waals surface area contributed by atoms with E-state index >= 15 is 0 Å². The maximum Gasteiger partial charge on any atom is 0.338 e. The van der Waals surface area contributed by atoms with Crippen molar-refractivity contribution in [2.24, 2.45) is 0 Å². The molecule has 3 rings (SSSR count). The van der Waals surface area contributed by atoms with Gasteiger partial charge >= 0.3 is 5.97 Å². The zero-order chi connectivity index (χ0) is 20.6. The van der Waals surface area contributed by atoms with E-state index in [4.69, 9.17) is 9.47 Å². The van der Waals surface area contributed by atoms with Gasteiger partial charge in [-0.2, -0.15) is 0 Å². The lowest BCUT2D eigenvalue weighted by Crippen LogP contribution is -2.35. The minimum absolute atomic E-state index is 0.347. The smallest absolute Gasteiger partial charge is 0.338 e. The second-order valence-corrected chi connectivity index (χ2v) is 7.48. The van der Waals surface area contributed by atoms with Gasteiger partial charge in [0.1, 0.15) is 12.4 Å². The standard InChI is InChI=1S/C22H22N2O4S/c1-15(21(25)23-12-17-6-4-3-5-7-17)28-22(26)18-8-10-20(11-9-18)27-13-19-14-29-16(2)24-19/h3-11,14-15H,12-13H2,1-2H3,(H,23,25)/t15-/m0/s1. The third kappa shape index (κ3) is 6.15. The molecule has 7 heteroatoms. The number of nitrogens with one attached hydrogen (secondary N) is 1. The average Bonchev–Trinajstić information content (AvgIpc) is 3.16. The van der Waals surface area contributed by atoms with Crippen LogP contribution in [0.5, 0.6) is 5.75 Å². The van der Waals surface area contributed by atoms with Crippen LogP contribution in [-0.2, 0) is 22.7 Å². The van der Waals surface area contributed by atoms with Crippen LogP contribution in [-0.4, -0.2) is 23.0 Å². The number of esters is 1. The van der Waals surface area contributed by atoms with Crippen LogP contribution in [0.3, 0.4) is 0 Å². The summed E-state index contributed by atoms with van der Waals surface area (Å²) in [5.74, 6) is -0.282. The highest BCUT2D eigenvalue weighted by Gasteiger charge is 2.18. The molecule has 0 fully saturated rings. The van der Waals surface area contributed by atoms with Crippen molar-refractivity contribution in [2.45, 2.75) is 33.1 Å². The van der Waals surface area contributed by atoms with Crippen LogP contribution in [0.15, 0.2) is 60.0 Å². The predicted molar refractivity (Wildman–Crippen MR) is 111 cm³/mol. The Hall–Kier alpha value is -3.19. The Kier molecular flexibility index (Phi) is 6.97. The summed E-state index contributed by atoms with van der Waals surface area (Å²) in [6.07, 6.45) is -0.893. The highest BCUT2D eigenvalue weighted by atomic mass is 32.1. The zero-order valence-electron chi connectivity index (χ0n) is 16.3. The topological polar surface area (TPSA) is 77.5 Å². The van der Waals surface area contributed by atoms with Gasteiger partial charge in [-0.05, 0) is 43.7 Å². The van der Waals surface area contributed by atoms with Crippen molar-refractivity contribution in [3.05, 3.63) is 81.8 Å². The normalized spacial score (nSPS) is 11.5. The zero-order valence-corrected chi connectivity index (χ0v) is 17.1. The fourth-order valence-electron chi connectivity index (χ4n) is 2.53. The second-order valence-electron chi connectivity index (χ2n) is 6.42. The van der Waals surface area contributed by atoms with Gasteiger partial charge in [-0.15, -0.1) is 11.3 Å². The molecular weight excluding hydrogens is 388 g/mol. The highest BCUT2D eigenvalue weighted by Crippen LogP contribution is 2.16. The molecule has 1 heterocycles. The van der Waals surface area contributed by atoms with Crippen LogP contribution in [0.1, 0.15) is 33.5 Å². The van der Waals surface area contributed by atoms with Gasteiger partial charge in [-0.25, -0.2) is 9.78 Å². The second kappa shape index (κ2) is 9.84. The van der Waals surface area contributed by atoms with Crippen molar-refractivity contribution < 1.29 is 19.1 Å². The van der Waals surface area contributed by atoms with Crippen LogP contribution in [0, 0.1) is 6.92 Å². The summed E-state index contributed by atoms with van der Waals surface area (Å²) >= 11 is 1.57. The first kappa shape index (κ1) is 20.5. The largest absolute Gasteiger partial charge is 0.487 e. The fourth-order valence-corrected chi connectivity index (χ4v) is 3.13. The number of aryl methyl sites for hydroxylation is 1. The summed E-state index contributed by atoms with van der Waals surface area (Å²) in [5, 5.41) is 5.70. The number of amides is 1. The Morgan fingerprint density at radius 2 is 1.83 bits per heavy atom. The minimum atomic E-state index is -0.893. The molecule has 3 aromatic rings. The molecule has 0 saturated carbocycles. The van der Waals surface area contributed by atoms with E-state index in [2.05, 4.69) is 10.3 Å². The van der Waals surface area contributed by atoms with E-state index in [1.54, 1.807) is 42.5 Å². The Morgan fingerprint density at radius 1 is 1.10 bits per heavy atom. The molecule has 6 nitrogen and oxygen atoms in total. The maximum absolute atomic E-state index is 12.3. The van der Waals surface area contributed by atoms with Crippen molar-refractivity contribution >= 4 is 23.2 Å². The van der Waals surface area contributed by atoms with E-state index in [0.717, 1.165) is 16.3 Å². The molecular formula is C22H22N2O4S. The van der Waals surface area contributed by atoms with Gasteiger partial charge in [0.05, 0.1) is 16.3 Å². The van der Waals surface area contributed by atoms with Crippen LogP contribution in [0.4, 0.5) is 0 Å². The van der Waals surface area contributed by atoms with E-state index in [-0.39, 0.29) is 5.91 Å². The van der Waals surface area contributed by atoms with Gasteiger partial charge in [-0.3, -0.25) is 4.79 Å². The molecule has 2 aromatic carbocycles. The fraction of sp³-hybridized carbons (Fsp3) is 0.227. The molecule has 1 atom stereocenters. The van der Waals surface area contributed by atoms with E-state index in [1.807, 2.05) is 42.6 Å². The van der Waals surface area contributed by atoms with Crippen molar-refractivity contribution in [3.8, 4) is 5.75 Å². The molecule has 0 unspecified atom stereocenters. The predicted octanol–water partition coefficient (Wildman–Crippen LogP) is 3.89. The molecule has 0 bridgehead atoms. The summed E-state index contributed by atoms with van der Waals surface area (Å²) in [5.41, 5.74) is 2.19. The average molecular weight is 410 g/mol. The number of thiazole rings is 1. The van der Waals surface area contributed by atoms with E-state index in [0.29, 0.717) is 24.5 Å². The maximum atomic E-state index is 12.3. The number of carbonyl (C=O) groups excluding carboxylic acids is 2. The van der Waals surface area contributed by atoms with Gasteiger partial charge in [0.25, 0.3) is 5.91 Å². The molecule has 29 heavy (non-hydrogen) atoms. The summed E-state index contributed by atoms with van der Waals surface area (Å²) in [4.78, 5) is 28.8. The van der Waals surface area contributed by atoms with Gasteiger partial charge in [0, 0.05) is 11.9 Å². The van der Waals surface area contributed by atoms with Crippen molar-refractivity contribution in [3.63, 3.8) is 0 Å². The van der Waals surface area contributed by atoms with E-state index in [9.17, 15) is 9.59 Å². The lowest BCUT2D eigenvalue weighted by Gasteiger charge is -2.14. The Morgan fingerprint density at radius 3 is 2.48 bits per heavy atom. The molecule has 0 aliphatic carbocycles. The number of aromatic nitrogens is 1. The molecule has 0 spiro atoms. The van der Waals surface area contributed by atoms with E-state index < -0.39 is 12.1 Å². The van der Waals surface area contributed by atoms with Crippen molar-refractivity contribution in [1.29, 1.82) is 0 Å². The van der Waals surface area contributed by atoms with Gasteiger partial charge in [-0.1, -0.05) is 30.3 Å². The van der Waals surface area contributed by atoms with Crippen LogP contribution >= 0.6 is 11.3 Å². The molecule has 0 radical (unpaired) electrons. The number of carbonyl (C=O) groups is 2. The number of ether oxygens (including phenoxy) is 2. The molecule has 1 aromatic heterocycles. The number of rotatable bonds is 8. The van der Waals surface area contributed by atoms with Crippen LogP contribution in [0.25, 0.3) is 0 Å². The van der Waals surface area contributed by atoms with E-state index in [1.165, 1.54) is 0 Å². The van der Waals surface area contributed by atoms with Crippen molar-refractivity contribution in [1.82, 2.24) is 10.3 Å². The summed E-state index contributed by atoms with van der Waals surface area (Å²) in [6, 6.07) is 16.1. The number of nitrogens with zero attached hydrogens (tertiary/aromatic N) is 1. The van der Waals surface area contributed by atoms with Gasteiger partial charge in [0.2, 0.25) is 0 Å². The molecule has 150 valence electrons.